The van der Waals surface area contributed by atoms with Crippen molar-refractivity contribution in [3.8, 4) is 0 Å². The van der Waals surface area contributed by atoms with Gasteiger partial charge in [-0.2, -0.15) is 0 Å². The van der Waals surface area contributed by atoms with Crippen molar-refractivity contribution < 1.29 is 19.4 Å². The van der Waals surface area contributed by atoms with Crippen LogP contribution in [0.25, 0.3) is 0 Å². The second-order valence-corrected chi connectivity index (χ2v) is 3.92. The smallest absolute Gasteiger partial charge is 0.303 e. The van der Waals surface area contributed by atoms with E-state index < -0.39 is 5.97 Å². The van der Waals surface area contributed by atoms with E-state index >= 15 is 0 Å². The molecule has 17 heavy (non-hydrogen) atoms. The van der Waals surface area contributed by atoms with Gasteiger partial charge in [0.15, 0.2) is 0 Å². The van der Waals surface area contributed by atoms with E-state index in [4.69, 9.17) is 9.84 Å². The van der Waals surface area contributed by atoms with E-state index in [1.807, 2.05) is 0 Å². The number of nitrogens with one attached hydrogen (secondary N) is 1. The van der Waals surface area contributed by atoms with Crippen molar-refractivity contribution >= 4 is 11.9 Å². The molecule has 0 atom stereocenters. The van der Waals surface area contributed by atoms with E-state index in [1.54, 1.807) is 0 Å². The average molecular weight is 245 g/mol. The number of rotatable bonds is 11. The number of amides is 1. The zero-order chi connectivity index (χ0) is 12.9. The highest BCUT2D eigenvalue weighted by Crippen LogP contribution is 1.99. The molecule has 0 fully saturated rings. The Labute approximate surface area is 103 Å². The van der Waals surface area contributed by atoms with Gasteiger partial charge in [-0.15, -0.1) is 0 Å². The molecule has 0 rings (SSSR count). The fourth-order valence-corrected chi connectivity index (χ4v) is 1.26. The predicted molar refractivity (Wildman–Crippen MR) is 64.8 cm³/mol. The Hall–Kier alpha value is -1.10. The van der Waals surface area contributed by atoms with Gasteiger partial charge in [-0.25, -0.2) is 0 Å². The van der Waals surface area contributed by atoms with Gasteiger partial charge in [0, 0.05) is 26.0 Å². The number of carbonyl (C=O) groups excluding carboxylic acids is 1. The van der Waals surface area contributed by atoms with Gasteiger partial charge in [0.25, 0.3) is 0 Å². The Morgan fingerprint density at radius 3 is 2.47 bits per heavy atom. The Kier molecular flexibility index (Phi) is 10.7. The van der Waals surface area contributed by atoms with E-state index in [2.05, 4.69) is 12.2 Å². The monoisotopic (exact) mass is 245 g/mol. The lowest BCUT2D eigenvalue weighted by Crippen LogP contribution is -2.27. The van der Waals surface area contributed by atoms with Gasteiger partial charge < -0.3 is 15.2 Å². The van der Waals surface area contributed by atoms with E-state index in [1.165, 1.54) is 0 Å². The number of aliphatic carboxylic acids is 1. The molecule has 0 heterocycles. The topological polar surface area (TPSA) is 75.6 Å². The highest BCUT2D eigenvalue weighted by Gasteiger charge is 2.02. The van der Waals surface area contributed by atoms with Crippen molar-refractivity contribution in [3.63, 3.8) is 0 Å². The average Bonchev–Trinajstić information content (AvgIpc) is 2.29. The van der Waals surface area contributed by atoms with Gasteiger partial charge in [0.05, 0.1) is 6.61 Å². The molecule has 0 aliphatic carbocycles. The molecule has 0 unspecified atom stereocenters. The molecular formula is C12H23NO4. The molecule has 100 valence electrons. The van der Waals surface area contributed by atoms with Crippen molar-refractivity contribution in [2.45, 2.75) is 45.4 Å². The zero-order valence-electron chi connectivity index (χ0n) is 10.5. The number of hydrogen-bond donors (Lipinski definition) is 2. The largest absolute Gasteiger partial charge is 0.481 e. The second-order valence-electron chi connectivity index (χ2n) is 3.92. The molecule has 0 aromatic carbocycles. The lowest BCUT2D eigenvalue weighted by Gasteiger charge is -2.05. The maximum Gasteiger partial charge on any atom is 0.303 e. The maximum absolute atomic E-state index is 11.3. The molecule has 5 heteroatoms. The summed E-state index contributed by atoms with van der Waals surface area (Å²) in [6.07, 6.45) is 3.85. The second kappa shape index (κ2) is 11.4. The summed E-state index contributed by atoms with van der Waals surface area (Å²) in [7, 11) is 0. The van der Waals surface area contributed by atoms with Crippen LogP contribution >= 0.6 is 0 Å². The summed E-state index contributed by atoms with van der Waals surface area (Å²) in [5, 5.41) is 11.1. The number of hydrogen-bond acceptors (Lipinski definition) is 3. The number of ether oxygens (including phenoxy) is 1. The summed E-state index contributed by atoms with van der Waals surface area (Å²) in [5.41, 5.74) is 0. The van der Waals surface area contributed by atoms with Crippen LogP contribution in [0.3, 0.4) is 0 Å². The Morgan fingerprint density at radius 1 is 1.12 bits per heavy atom. The molecule has 0 aliphatic heterocycles. The third-order valence-electron chi connectivity index (χ3n) is 2.26. The molecule has 0 radical (unpaired) electrons. The van der Waals surface area contributed by atoms with Crippen LogP contribution < -0.4 is 5.32 Å². The highest BCUT2D eigenvalue weighted by atomic mass is 16.5. The number of carboxylic acids is 1. The lowest BCUT2D eigenvalue weighted by atomic mass is 10.2. The minimum absolute atomic E-state index is 0.0329. The van der Waals surface area contributed by atoms with Crippen molar-refractivity contribution in [1.82, 2.24) is 5.32 Å². The first kappa shape index (κ1) is 15.9. The fraction of sp³-hybridized carbons (Fsp3) is 0.833. The van der Waals surface area contributed by atoms with Crippen LogP contribution in [0, 0.1) is 0 Å². The first-order chi connectivity index (χ1) is 8.16. The summed E-state index contributed by atoms with van der Waals surface area (Å²) in [4.78, 5) is 21.5. The van der Waals surface area contributed by atoms with Crippen LogP contribution in [0.4, 0.5) is 0 Å². The Morgan fingerprint density at radius 2 is 1.82 bits per heavy atom. The first-order valence-corrected chi connectivity index (χ1v) is 6.23. The van der Waals surface area contributed by atoms with Crippen molar-refractivity contribution in [3.05, 3.63) is 0 Å². The summed E-state index contributed by atoms with van der Waals surface area (Å²) in [5.74, 6) is -0.843. The Balaban J connectivity index is 3.20. The molecule has 0 bridgehead atoms. The van der Waals surface area contributed by atoms with Gasteiger partial charge in [-0.1, -0.05) is 13.3 Å². The van der Waals surface area contributed by atoms with Crippen molar-refractivity contribution in [1.29, 1.82) is 0 Å². The van der Waals surface area contributed by atoms with Crippen molar-refractivity contribution in [2.75, 3.05) is 19.8 Å². The normalized spacial score (nSPS) is 10.2. The van der Waals surface area contributed by atoms with Gasteiger partial charge in [-0.05, 0) is 19.3 Å². The minimum Gasteiger partial charge on any atom is -0.481 e. The summed E-state index contributed by atoms with van der Waals surface area (Å²) < 4.78 is 5.29. The van der Waals surface area contributed by atoms with Crippen LogP contribution in [0.15, 0.2) is 0 Å². The standard InChI is InChI=1S/C12H23NO4/c1-2-3-9-17-10-8-13-11(14)6-4-5-7-12(15)16/h2-10H2,1H3,(H,13,14)(H,15,16). The highest BCUT2D eigenvalue weighted by molar-refractivity contribution is 5.75. The van der Waals surface area contributed by atoms with E-state index in [0.717, 1.165) is 19.4 Å². The van der Waals surface area contributed by atoms with Gasteiger partial charge >= 0.3 is 5.97 Å². The van der Waals surface area contributed by atoms with Crippen molar-refractivity contribution in [2.24, 2.45) is 0 Å². The molecule has 0 saturated heterocycles. The lowest BCUT2D eigenvalue weighted by molar-refractivity contribution is -0.137. The van der Waals surface area contributed by atoms with Crippen LogP contribution in [-0.2, 0) is 14.3 Å². The summed E-state index contributed by atoms with van der Waals surface area (Å²) in [6.45, 7) is 3.91. The fourth-order valence-electron chi connectivity index (χ4n) is 1.26. The summed E-state index contributed by atoms with van der Waals surface area (Å²) in [6, 6.07) is 0. The first-order valence-electron chi connectivity index (χ1n) is 6.23. The molecule has 2 N–H and O–H groups in total. The summed E-state index contributed by atoms with van der Waals surface area (Å²) >= 11 is 0. The zero-order valence-corrected chi connectivity index (χ0v) is 10.5. The third kappa shape index (κ3) is 12.8. The molecule has 0 aliphatic rings. The van der Waals surface area contributed by atoms with E-state index in [-0.39, 0.29) is 12.3 Å². The molecule has 5 nitrogen and oxygen atoms in total. The molecule has 0 aromatic heterocycles. The van der Waals surface area contributed by atoms with Gasteiger partial charge in [-0.3, -0.25) is 9.59 Å². The number of carboxylic acid groups (broad SMARTS) is 1. The molecule has 0 saturated carbocycles. The molecule has 1 amide bonds. The van der Waals surface area contributed by atoms with Gasteiger partial charge in [0.2, 0.25) is 5.91 Å². The Bertz CT molecular complexity index is 219. The SMILES string of the molecule is CCCCOCCNC(=O)CCCCC(=O)O. The van der Waals surface area contributed by atoms with Crippen LogP contribution in [0.2, 0.25) is 0 Å². The molecule has 0 aromatic rings. The third-order valence-corrected chi connectivity index (χ3v) is 2.26. The minimum atomic E-state index is -0.810. The van der Waals surface area contributed by atoms with Gasteiger partial charge in [0.1, 0.15) is 0 Å². The quantitative estimate of drug-likeness (QED) is 0.542. The van der Waals surface area contributed by atoms with Crippen LogP contribution in [0.5, 0.6) is 0 Å². The van der Waals surface area contributed by atoms with E-state index in [0.29, 0.717) is 32.4 Å². The number of unbranched alkanes of at least 4 members (excludes halogenated alkanes) is 2. The predicted octanol–water partition coefficient (Wildman–Crippen LogP) is 1.56. The molecule has 0 spiro atoms. The van der Waals surface area contributed by atoms with E-state index in [9.17, 15) is 9.59 Å². The van der Waals surface area contributed by atoms with Crippen LogP contribution in [0.1, 0.15) is 45.4 Å². The molecular weight excluding hydrogens is 222 g/mol. The number of carbonyl (C=O) groups is 2. The maximum atomic E-state index is 11.3. The van der Waals surface area contributed by atoms with Crippen LogP contribution in [-0.4, -0.2) is 36.7 Å².